The summed E-state index contributed by atoms with van der Waals surface area (Å²) in [6, 6.07) is 0. The summed E-state index contributed by atoms with van der Waals surface area (Å²) in [5.41, 5.74) is 0. The Balaban J connectivity index is 2.42. The van der Waals surface area contributed by atoms with Crippen molar-refractivity contribution in [2.24, 2.45) is 0 Å². The number of amides is 2. The van der Waals surface area contributed by atoms with Crippen LogP contribution in [0.1, 0.15) is 19.8 Å². The largest absolute Gasteiger partial charge is 0.459 e. The molecule has 1 aliphatic heterocycles. The normalized spacial score (nSPS) is 14.6. The van der Waals surface area contributed by atoms with Crippen molar-refractivity contribution in [3.8, 4) is 0 Å². The first kappa shape index (κ1) is 13.5. The van der Waals surface area contributed by atoms with Crippen LogP contribution in [0.15, 0.2) is 0 Å². The Morgan fingerprint density at radius 1 is 1.24 bits per heavy atom. The fourth-order valence-corrected chi connectivity index (χ4v) is 1.69. The first-order chi connectivity index (χ1) is 8.06. The molecule has 0 saturated carbocycles. The summed E-state index contributed by atoms with van der Waals surface area (Å²) in [6.45, 7) is 3.18. The van der Waals surface area contributed by atoms with E-state index in [-0.39, 0.29) is 19.1 Å². The second kappa shape index (κ2) is 6.22. The fourth-order valence-electron chi connectivity index (χ4n) is 1.69. The number of esters is 1. The van der Waals surface area contributed by atoms with Gasteiger partial charge in [0.05, 0.1) is 13.2 Å². The maximum absolute atomic E-state index is 11.7. The average Bonchev–Trinajstić information content (AvgIpc) is 2.81. The molecule has 1 rings (SSSR count). The van der Waals surface area contributed by atoms with E-state index in [4.69, 9.17) is 0 Å². The molecule has 0 aromatic carbocycles. The van der Waals surface area contributed by atoms with E-state index < -0.39 is 11.9 Å². The third kappa shape index (κ3) is 3.72. The summed E-state index contributed by atoms with van der Waals surface area (Å²) in [5, 5.41) is 0. The number of hydrogen-bond acceptors (Lipinski definition) is 4. The molecule has 1 heterocycles. The molecule has 0 aromatic heterocycles. The summed E-state index contributed by atoms with van der Waals surface area (Å²) in [7, 11) is 1.42. The third-order valence-electron chi connectivity index (χ3n) is 2.63. The van der Waals surface area contributed by atoms with E-state index in [1.54, 1.807) is 11.8 Å². The summed E-state index contributed by atoms with van der Waals surface area (Å²) < 4.78 is 4.58. The molecule has 6 nitrogen and oxygen atoms in total. The van der Waals surface area contributed by atoms with Crippen LogP contribution in [0.25, 0.3) is 0 Å². The van der Waals surface area contributed by atoms with Gasteiger partial charge in [0, 0.05) is 20.1 Å². The highest BCUT2D eigenvalue weighted by atomic mass is 16.5. The molecule has 17 heavy (non-hydrogen) atoms. The van der Waals surface area contributed by atoms with Crippen LogP contribution in [0.3, 0.4) is 0 Å². The predicted octanol–water partition coefficient (Wildman–Crippen LogP) is -0.370. The van der Waals surface area contributed by atoms with Crippen molar-refractivity contribution in [3.63, 3.8) is 0 Å². The highest BCUT2D eigenvalue weighted by Crippen LogP contribution is 2.07. The lowest BCUT2D eigenvalue weighted by atomic mass is 10.4. The third-order valence-corrected chi connectivity index (χ3v) is 2.63. The zero-order valence-corrected chi connectivity index (χ0v) is 10.3. The highest BCUT2D eigenvalue weighted by Gasteiger charge is 2.25. The molecule has 0 aromatic rings. The quantitative estimate of drug-likeness (QED) is 0.500. The van der Waals surface area contributed by atoms with Crippen LogP contribution in [-0.4, -0.2) is 60.9 Å². The van der Waals surface area contributed by atoms with E-state index in [0.717, 1.165) is 30.8 Å². The molecule has 1 aliphatic rings. The number of hydrogen-bond donors (Lipinski definition) is 0. The van der Waals surface area contributed by atoms with E-state index in [2.05, 4.69) is 4.74 Å². The van der Waals surface area contributed by atoms with Gasteiger partial charge in [0.25, 0.3) is 0 Å². The van der Waals surface area contributed by atoms with E-state index in [9.17, 15) is 14.4 Å². The monoisotopic (exact) mass is 242 g/mol. The molecule has 1 saturated heterocycles. The Bertz CT molecular complexity index is 311. The fraction of sp³-hybridized carbons (Fsp3) is 0.727. The summed E-state index contributed by atoms with van der Waals surface area (Å²) in [6.07, 6.45) is 2.00. The molecule has 0 atom stereocenters. The van der Waals surface area contributed by atoms with Gasteiger partial charge in [-0.3, -0.25) is 9.59 Å². The highest BCUT2D eigenvalue weighted by molar-refractivity contribution is 6.32. The van der Waals surface area contributed by atoms with Crippen molar-refractivity contribution in [1.29, 1.82) is 0 Å². The second-order valence-electron chi connectivity index (χ2n) is 3.97. The van der Waals surface area contributed by atoms with E-state index >= 15 is 0 Å². The number of ether oxygens (including phenoxy) is 1. The number of carbonyl (C=O) groups is 3. The minimum absolute atomic E-state index is 0.0718. The molecule has 0 spiro atoms. The van der Waals surface area contributed by atoms with Gasteiger partial charge in [0.1, 0.15) is 0 Å². The minimum atomic E-state index is -0.913. The first-order valence-corrected chi connectivity index (χ1v) is 5.76. The maximum Gasteiger partial charge on any atom is 0.397 e. The zero-order valence-electron chi connectivity index (χ0n) is 10.3. The van der Waals surface area contributed by atoms with Crippen LogP contribution in [-0.2, 0) is 19.1 Å². The van der Waals surface area contributed by atoms with Crippen LogP contribution in [0, 0.1) is 0 Å². The number of likely N-dealkylation sites (tertiary alicyclic amines) is 1. The number of rotatable bonds is 3. The average molecular weight is 242 g/mol. The molecular weight excluding hydrogens is 224 g/mol. The van der Waals surface area contributed by atoms with Gasteiger partial charge in [-0.05, 0) is 19.8 Å². The van der Waals surface area contributed by atoms with Gasteiger partial charge in [0.2, 0.25) is 5.91 Å². The summed E-state index contributed by atoms with van der Waals surface area (Å²) >= 11 is 0. The molecular formula is C11H18N2O4. The number of carbonyl (C=O) groups excluding carboxylic acids is 3. The molecule has 6 heteroatoms. The van der Waals surface area contributed by atoms with Gasteiger partial charge < -0.3 is 14.5 Å². The Morgan fingerprint density at radius 2 is 1.82 bits per heavy atom. The maximum atomic E-state index is 11.7. The minimum Gasteiger partial charge on any atom is -0.459 e. The van der Waals surface area contributed by atoms with Crippen molar-refractivity contribution in [2.45, 2.75) is 19.8 Å². The zero-order chi connectivity index (χ0) is 12.8. The van der Waals surface area contributed by atoms with Gasteiger partial charge in [-0.1, -0.05) is 0 Å². The Hall–Kier alpha value is -1.59. The Kier molecular flexibility index (Phi) is 4.93. The lowest BCUT2D eigenvalue weighted by molar-refractivity contribution is -0.160. The molecule has 0 radical (unpaired) electrons. The molecule has 0 aliphatic carbocycles. The van der Waals surface area contributed by atoms with E-state index in [1.807, 2.05) is 0 Å². The van der Waals surface area contributed by atoms with Gasteiger partial charge in [0.15, 0.2) is 0 Å². The van der Waals surface area contributed by atoms with Crippen molar-refractivity contribution in [1.82, 2.24) is 9.80 Å². The van der Waals surface area contributed by atoms with Crippen molar-refractivity contribution in [3.05, 3.63) is 0 Å². The SMILES string of the molecule is CCOC(=O)C(=O)N(C)CC(=O)N1CCCC1. The number of nitrogens with zero attached hydrogens (tertiary/aromatic N) is 2. The van der Waals surface area contributed by atoms with Crippen molar-refractivity contribution < 1.29 is 19.1 Å². The smallest absolute Gasteiger partial charge is 0.397 e. The predicted molar refractivity (Wildman–Crippen MR) is 60.1 cm³/mol. The molecule has 0 unspecified atom stereocenters. The Morgan fingerprint density at radius 3 is 2.35 bits per heavy atom. The molecule has 1 fully saturated rings. The summed E-state index contributed by atoms with van der Waals surface area (Å²) in [4.78, 5) is 37.1. The Labute approximate surface area is 101 Å². The lowest BCUT2D eigenvalue weighted by Gasteiger charge is -2.20. The molecule has 2 amide bonds. The van der Waals surface area contributed by atoms with Crippen LogP contribution in [0.2, 0.25) is 0 Å². The van der Waals surface area contributed by atoms with Gasteiger partial charge in [-0.15, -0.1) is 0 Å². The van der Waals surface area contributed by atoms with E-state index in [0.29, 0.717) is 0 Å². The van der Waals surface area contributed by atoms with E-state index in [1.165, 1.54) is 7.05 Å². The topological polar surface area (TPSA) is 66.9 Å². The van der Waals surface area contributed by atoms with Crippen LogP contribution in [0.4, 0.5) is 0 Å². The molecule has 0 N–H and O–H groups in total. The second-order valence-corrected chi connectivity index (χ2v) is 3.97. The van der Waals surface area contributed by atoms with Crippen LogP contribution in [0.5, 0.6) is 0 Å². The summed E-state index contributed by atoms with van der Waals surface area (Å²) in [5.74, 6) is -1.81. The first-order valence-electron chi connectivity index (χ1n) is 5.76. The molecule has 96 valence electrons. The van der Waals surface area contributed by atoms with Gasteiger partial charge in [-0.25, -0.2) is 4.79 Å². The lowest BCUT2D eigenvalue weighted by Crippen LogP contribution is -2.42. The van der Waals surface area contributed by atoms with Crippen molar-refractivity contribution >= 4 is 17.8 Å². The number of likely N-dealkylation sites (N-methyl/N-ethyl adjacent to an activating group) is 1. The van der Waals surface area contributed by atoms with Gasteiger partial charge in [-0.2, -0.15) is 0 Å². The van der Waals surface area contributed by atoms with Crippen LogP contribution < -0.4 is 0 Å². The van der Waals surface area contributed by atoms with Gasteiger partial charge >= 0.3 is 11.9 Å². The molecule has 0 bridgehead atoms. The van der Waals surface area contributed by atoms with Crippen LogP contribution >= 0.6 is 0 Å². The van der Waals surface area contributed by atoms with Crippen molar-refractivity contribution in [2.75, 3.05) is 33.3 Å². The standard InChI is InChI=1S/C11H18N2O4/c1-3-17-11(16)10(15)12(2)8-9(14)13-6-4-5-7-13/h3-8H2,1-2H3.